The zero-order chi connectivity index (χ0) is 27.1. The summed E-state index contributed by atoms with van der Waals surface area (Å²) in [4.78, 5) is 30.2. The lowest BCUT2D eigenvalue weighted by Crippen LogP contribution is -2.45. The predicted molar refractivity (Wildman–Crippen MR) is 139 cm³/mol. The van der Waals surface area contributed by atoms with E-state index < -0.39 is 18.2 Å². The Hall–Kier alpha value is -3.14. The van der Waals surface area contributed by atoms with Crippen molar-refractivity contribution in [3.63, 3.8) is 0 Å². The smallest absolute Gasteiger partial charge is 0.308 e. The highest BCUT2D eigenvalue weighted by Crippen LogP contribution is 2.47. The van der Waals surface area contributed by atoms with Gasteiger partial charge in [-0.15, -0.1) is 0 Å². The van der Waals surface area contributed by atoms with Crippen molar-refractivity contribution in [1.29, 1.82) is 0 Å². The van der Waals surface area contributed by atoms with Gasteiger partial charge >= 0.3 is 5.97 Å². The van der Waals surface area contributed by atoms with Gasteiger partial charge in [0.25, 0.3) is 0 Å². The van der Waals surface area contributed by atoms with Crippen molar-refractivity contribution in [3.05, 3.63) is 30.2 Å². The summed E-state index contributed by atoms with van der Waals surface area (Å²) in [5, 5.41) is 10.4. The molecule has 3 heterocycles. The predicted octanol–water partition coefficient (Wildman–Crippen LogP) is 3.95. The molecule has 1 saturated heterocycles. The molecule has 0 spiro atoms. The Labute approximate surface area is 224 Å². The summed E-state index contributed by atoms with van der Waals surface area (Å²) in [6.07, 6.45) is 7.47. The number of hydrogen-bond acceptors (Lipinski definition) is 8. The molecule has 3 atom stereocenters. The van der Waals surface area contributed by atoms with Gasteiger partial charge < -0.3 is 33.7 Å². The molecular formula is C28H40N2O8. The molecule has 3 unspecified atom stereocenters. The first kappa shape index (κ1) is 27.9. The topological polar surface area (TPSA) is 107 Å². The van der Waals surface area contributed by atoms with Crippen LogP contribution in [0.4, 0.5) is 0 Å². The first-order valence-corrected chi connectivity index (χ1v) is 13.6. The highest BCUT2D eigenvalue weighted by molar-refractivity contribution is 5.79. The van der Waals surface area contributed by atoms with E-state index in [-0.39, 0.29) is 31.2 Å². The fraction of sp³-hybridized carbons (Fsp3) is 0.643. The van der Waals surface area contributed by atoms with Crippen LogP contribution in [-0.2, 0) is 19.1 Å². The van der Waals surface area contributed by atoms with E-state index in [2.05, 4.69) is 13.8 Å². The first-order valence-electron chi connectivity index (χ1n) is 13.6. The average molecular weight is 533 g/mol. The summed E-state index contributed by atoms with van der Waals surface area (Å²) in [6.45, 7) is 6.35. The summed E-state index contributed by atoms with van der Waals surface area (Å²) in [6, 6.07) is 3.30. The van der Waals surface area contributed by atoms with Crippen molar-refractivity contribution in [2.45, 2.75) is 70.6 Å². The Morgan fingerprint density at radius 1 is 1.08 bits per heavy atom. The number of unbranched alkanes of at least 4 members (excludes halogenated alkanes) is 2. The van der Waals surface area contributed by atoms with Gasteiger partial charge in [0.1, 0.15) is 12.5 Å². The normalized spacial score (nSPS) is 22.3. The molecular weight excluding hydrogens is 492 g/mol. The second-order valence-corrected chi connectivity index (χ2v) is 10.1. The van der Waals surface area contributed by atoms with E-state index in [0.29, 0.717) is 49.7 Å². The van der Waals surface area contributed by atoms with Crippen LogP contribution in [-0.4, -0.2) is 79.2 Å². The molecule has 10 nitrogen and oxygen atoms in total. The van der Waals surface area contributed by atoms with E-state index in [9.17, 15) is 14.7 Å². The molecule has 0 saturated carbocycles. The van der Waals surface area contributed by atoms with Crippen molar-refractivity contribution in [2.75, 3.05) is 40.1 Å². The van der Waals surface area contributed by atoms with Gasteiger partial charge in [-0.25, -0.2) is 0 Å². The fourth-order valence-electron chi connectivity index (χ4n) is 5.60. The van der Waals surface area contributed by atoms with Crippen molar-refractivity contribution >= 4 is 11.9 Å². The largest absolute Gasteiger partial charge is 0.493 e. The lowest BCUT2D eigenvalue weighted by molar-refractivity contribution is -0.144. The second-order valence-electron chi connectivity index (χ2n) is 10.1. The van der Waals surface area contributed by atoms with Gasteiger partial charge in [0.2, 0.25) is 24.7 Å². The Bertz CT molecular complexity index is 983. The van der Waals surface area contributed by atoms with E-state index >= 15 is 0 Å². The molecule has 10 heteroatoms. The first-order chi connectivity index (χ1) is 18.5. The summed E-state index contributed by atoms with van der Waals surface area (Å²) in [5.41, 5.74) is 0.794. The van der Waals surface area contributed by atoms with Gasteiger partial charge in [-0.1, -0.05) is 26.7 Å². The Kier molecular flexibility index (Phi) is 9.60. The van der Waals surface area contributed by atoms with Crippen molar-refractivity contribution in [2.24, 2.45) is 5.92 Å². The lowest BCUT2D eigenvalue weighted by atomic mass is 9.83. The summed E-state index contributed by atoms with van der Waals surface area (Å²) >= 11 is 0. The standard InChI is InChI=1S/C28H40N2O8/c1-4-6-10-29(11-7-5-2)24(31)17-30-16-20(19-14-22(34-3)27-23(15-19)37-18-38-27)26(28(32)33)21(30)8-9-25-35-12-13-36-25/h12-15,20-21,25-26H,4-11,16-18H2,1-3H3,(H,32,33). The number of fused-ring (bicyclic) bond motifs is 1. The average Bonchev–Trinajstić information content (AvgIpc) is 3.67. The van der Waals surface area contributed by atoms with Gasteiger partial charge in [-0.2, -0.15) is 0 Å². The van der Waals surface area contributed by atoms with E-state index in [1.165, 1.54) is 12.5 Å². The highest BCUT2D eigenvalue weighted by Gasteiger charge is 2.48. The van der Waals surface area contributed by atoms with Crippen LogP contribution >= 0.6 is 0 Å². The summed E-state index contributed by atoms with van der Waals surface area (Å²) in [7, 11) is 1.55. The number of rotatable bonds is 14. The molecule has 1 fully saturated rings. The molecule has 1 amide bonds. The third-order valence-electron chi connectivity index (χ3n) is 7.61. The van der Waals surface area contributed by atoms with Crippen molar-refractivity contribution in [3.8, 4) is 17.2 Å². The molecule has 4 rings (SSSR count). The quantitative estimate of drug-likeness (QED) is 0.381. The van der Waals surface area contributed by atoms with Crippen LogP contribution < -0.4 is 14.2 Å². The molecule has 1 aromatic rings. The Balaban J connectivity index is 1.60. The van der Waals surface area contributed by atoms with Crippen LogP contribution in [0.1, 0.15) is 63.9 Å². The molecule has 38 heavy (non-hydrogen) atoms. The monoisotopic (exact) mass is 532 g/mol. The third kappa shape index (κ3) is 6.28. The molecule has 3 aliphatic rings. The Morgan fingerprint density at radius 3 is 2.42 bits per heavy atom. The lowest BCUT2D eigenvalue weighted by Gasteiger charge is -2.30. The third-order valence-corrected chi connectivity index (χ3v) is 7.61. The zero-order valence-corrected chi connectivity index (χ0v) is 22.6. The number of carbonyl (C=O) groups is 2. The van der Waals surface area contributed by atoms with Gasteiger partial charge in [0.05, 0.1) is 19.6 Å². The molecule has 1 N–H and O–H groups in total. The number of aliphatic carboxylic acids is 1. The Morgan fingerprint density at radius 2 is 1.79 bits per heavy atom. The molecule has 0 radical (unpaired) electrons. The number of nitrogens with zero attached hydrogens (tertiary/aromatic N) is 2. The molecule has 210 valence electrons. The van der Waals surface area contributed by atoms with Crippen molar-refractivity contribution < 1.29 is 38.4 Å². The number of hydrogen-bond donors (Lipinski definition) is 1. The number of carbonyl (C=O) groups excluding carboxylic acids is 1. The maximum atomic E-state index is 13.5. The van der Waals surface area contributed by atoms with Gasteiger partial charge in [0.15, 0.2) is 11.5 Å². The maximum absolute atomic E-state index is 13.5. The van der Waals surface area contributed by atoms with Gasteiger partial charge in [-0.3, -0.25) is 14.5 Å². The number of carboxylic acid groups (broad SMARTS) is 1. The summed E-state index contributed by atoms with van der Waals surface area (Å²) < 4.78 is 27.6. The molecule has 0 bridgehead atoms. The number of ether oxygens (including phenoxy) is 5. The SMILES string of the molecule is CCCCN(CCCC)C(=O)CN1CC(c2cc(OC)c3c(c2)OCO3)C(C(=O)O)C1CCC1OC=CO1. The van der Waals surface area contributed by atoms with Gasteiger partial charge in [-0.05, 0) is 37.0 Å². The van der Waals surface area contributed by atoms with Crippen LogP contribution in [0.5, 0.6) is 17.2 Å². The van der Waals surface area contributed by atoms with E-state index in [4.69, 9.17) is 23.7 Å². The van der Waals surface area contributed by atoms with Crippen LogP contribution in [0.3, 0.4) is 0 Å². The number of benzene rings is 1. The molecule has 1 aromatic carbocycles. The van der Waals surface area contributed by atoms with Crippen LogP contribution in [0, 0.1) is 5.92 Å². The maximum Gasteiger partial charge on any atom is 0.308 e. The van der Waals surface area contributed by atoms with Crippen LogP contribution in [0.15, 0.2) is 24.7 Å². The summed E-state index contributed by atoms with van der Waals surface area (Å²) in [5.74, 6) is -0.381. The highest BCUT2D eigenvalue weighted by atomic mass is 16.7. The zero-order valence-electron chi connectivity index (χ0n) is 22.6. The van der Waals surface area contributed by atoms with E-state index in [1.807, 2.05) is 21.9 Å². The minimum absolute atomic E-state index is 0.0417. The van der Waals surface area contributed by atoms with Crippen LogP contribution in [0.25, 0.3) is 0 Å². The molecule has 0 aromatic heterocycles. The number of amides is 1. The van der Waals surface area contributed by atoms with Crippen molar-refractivity contribution in [1.82, 2.24) is 9.80 Å². The van der Waals surface area contributed by atoms with Crippen LogP contribution in [0.2, 0.25) is 0 Å². The number of methoxy groups -OCH3 is 1. The molecule has 3 aliphatic heterocycles. The minimum Gasteiger partial charge on any atom is -0.493 e. The minimum atomic E-state index is -0.896. The van der Waals surface area contributed by atoms with E-state index in [0.717, 1.165) is 31.2 Å². The second kappa shape index (κ2) is 13.1. The van der Waals surface area contributed by atoms with Gasteiger partial charge in [0, 0.05) is 38.0 Å². The molecule has 0 aliphatic carbocycles. The van der Waals surface area contributed by atoms with E-state index in [1.54, 1.807) is 7.11 Å². The fourth-order valence-corrected chi connectivity index (χ4v) is 5.60. The number of likely N-dealkylation sites (tertiary alicyclic amines) is 1. The number of carboxylic acids is 1.